The van der Waals surface area contributed by atoms with Gasteiger partial charge < -0.3 is 10.2 Å². The summed E-state index contributed by atoms with van der Waals surface area (Å²) in [6, 6.07) is 6.11. The van der Waals surface area contributed by atoms with Crippen LogP contribution in [0.25, 0.3) is 11.1 Å². The molecular formula is C12H16N2O. The molecule has 0 bridgehead atoms. The van der Waals surface area contributed by atoms with Crippen LogP contribution in [0.1, 0.15) is 25.3 Å². The Balaban J connectivity index is 2.41. The first-order valence-corrected chi connectivity index (χ1v) is 5.25. The molecule has 2 N–H and O–H groups in total. The third-order valence-corrected chi connectivity index (χ3v) is 2.84. The summed E-state index contributed by atoms with van der Waals surface area (Å²) in [6.45, 7) is 5.03. The Labute approximate surface area is 89.3 Å². The second-order valence-corrected chi connectivity index (χ2v) is 4.17. The average Bonchev–Trinajstić information content (AvgIpc) is 2.65. The largest absolute Gasteiger partial charge is 0.443 e. The van der Waals surface area contributed by atoms with Crippen LogP contribution in [0.4, 0.5) is 0 Å². The van der Waals surface area contributed by atoms with Crippen LogP contribution in [-0.4, -0.2) is 11.5 Å². The Kier molecular flexibility index (Phi) is 2.73. The van der Waals surface area contributed by atoms with E-state index in [9.17, 15) is 0 Å². The van der Waals surface area contributed by atoms with Gasteiger partial charge in [-0.2, -0.15) is 0 Å². The van der Waals surface area contributed by atoms with Gasteiger partial charge in [0.15, 0.2) is 12.0 Å². The number of nitrogens with zero attached hydrogens (tertiary/aromatic N) is 1. The first-order chi connectivity index (χ1) is 7.22. The zero-order valence-corrected chi connectivity index (χ0v) is 9.10. The van der Waals surface area contributed by atoms with E-state index in [0.29, 0.717) is 18.4 Å². The number of nitrogens with two attached hydrogens (primary N) is 1. The Morgan fingerprint density at radius 1 is 1.40 bits per heavy atom. The fourth-order valence-corrected chi connectivity index (χ4v) is 1.90. The fourth-order valence-electron chi connectivity index (χ4n) is 1.90. The molecule has 1 aromatic carbocycles. The second-order valence-electron chi connectivity index (χ2n) is 4.17. The van der Waals surface area contributed by atoms with Crippen LogP contribution < -0.4 is 5.73 Å². The standard InChI is InChI=1S/C12H16N2O/c1-8(2)10(6-13)9-3-4-11-12(5-9)15-7-14-11/h3-5,7-8,10H,6,13H2,1-2H3. The molecule has 3 nitrogen and oxygen atoms in total. The molecule has 2 rings (SSSR count). The summed E-state index contributed by atoms with van der Waals surface area (Å²) in [6.07, 6.45) is 1.47. The van der Waals surface area contributed by atoms with Crippen molar-refractivity contribution >= 4 is 11.1 Å². The molecule has 2 aromatic rings. The first kappa shape index (κ1) is 10.2. The van der Waals surface area contributed by atoms with Crippen LogP contribution in [0.5, 0.6) is 0 Å². The van der Waals surface area contributed by atoms with Gasteiger partial charge in [-0.1, -0.05) is 19.9 Å². The number of benzene rings is 1. The van der Waals surface area contributed by atoms with Gasteiger partial charge in [-0.25, -0.2) is 4.98 Å². The molecule has 3 heteroatoms. The maximum atomic E-state index is 5.78. The molecule has 0 fully saturated rings. The highest BCUT2D eigenvalue weighted by atomic mass is 16.3. The van der Waals surface area contributed by atoms with Crippen molar-refractivity contribution in [2.24, 2.45) is 11.7 Å². The SMILES string of the molecule is CC(C)C(CN)c1ccc2ncoc2c1. The van der Waals surface area contributed by atoms with Crippen molar-refractivity contribution in [3.63, 3.8) is 0 Å². The van der Waals surface area contributed by atoms with E-state index in [2.05, 4.69) is 24.9 Å². The summed E-state index contributed by atoms with van der Waals surface area (Å²) in [4.78, 5) is 4.09. The molecule has 1 heterocycles. The number of hydrogen-bond acceptors (Lipinski definition) is 3. The van der Waals surface area contributed by atoms with E-state index in [1.165, 1.54) is 12.0 Å². The van der Waals surface area contributed by atoms with E-state index >= 15 is 0 Å². The van der Waals surface area contributed by atoms with E-state index in [0.717, 1.165) is 11.1 Å². The summed E-state index contributed by atoms with van der Waals surface area (Å²) >= 11 is 0. The third kappa shape index (κ3) is 1.88. The molecule has 15 heavy (non-hydrogen) atoms. The topological polar surface area (TPSA) is 52.0 Å². The van der Waals surface area contributed by atoms with Crippen LogP contribution >= 0.6 is 0 Å². The minimum absolute atomic E-state index is 0.388. The van der Waals surface area contributed by atoms with Gasteiger partial charge in [0.05, 0.1) is 0 Å². The Bertz CT molecular complexity index is 448. The molecule has 0 radical (unpaired) electrons. The number of fused-ring (bicyclic) bond motifs is 1. The van der Waals surface area contributed by atoms with Gasteiger partial charge in [0.2, 0.25) is 0 Å². The molecule has 0 spiro atoms. The number of rotatable bonds is 3. The molecule has 0 aliphatic heterocycles. The maximum Gasteiger partial charge on any atom is 0.181 e. The molecule has 1 atom stereocenters. The van der Waals surface area contributed by atoms with Crippen molar-refractivity contribution in [2.45, 2.75) is 19.8 Å². The highest BCUT2D eigenvalue weighted by Crippen LogP contribution is 2.26. The van der Waals surface area contributed by atoms with E-state index in [-0.39, 0.29) is 0 Å². The van der Waals surface area contributed by atoms with Crippen LogP contribution in [0.2, 0.25) is 0 Å². The van der Waals surface area contributed by atoms with Gasteiger partial charge in [-0.05, 0) is 36.1 Å². The summed E-state index contributed by atoms with van der Waals surface area (Å²) in [5, 5.41) is 0. The van der Waals surface area contributed by atoms with Crippen LogP contribution in [0.15, 0.2) is 29.0 Å². The first-order valence-electron chi connectivity index (χ1n) is 5.25. The van der Waals surface area contributed by atoms with Gasteiger partial charge in [-0.3, -0.25) is 0 Å². The molecule has 0 aliphatic rings. The maximum absolute atomic E-state index is 5.78. The molecule has 1 unspecified atom stereocenters. The highest BCUT2D eigenvalue weighted by Gasteiger charge is 2.14. The number of oxazole rings is 1. The van der Waals surface area contributed by atoms with Crippen molar-refractivity contribution in [2.75, 3.05) is 6.54 Å². The Morgan fingerprint density at radius 2 is 2.20 bits per heavy atom. The van der Waals surface area contributed by atoms with Crippen molar-refractivity contribution in [3.05, 3.63) is 30.2 Å². The second kappa shape index (κ2) is 4.03. The average molecular weight is 204 g/mol. The lowest BCUT2D eigenvalue weighted by Gasteiger charge is -2.18. The van der Waals surface area contributed by atoms with Crippen LogP contribution in [0.3, 0.4) is 0 Å². The summed E-state index contributed by atoms with van der Waals surface area (Å²) in [7, 11) is 0. The smallest absolute Gasteiger partial charge is 0.181 e. The molecule has 0 saturated heterocycles. The third-order valence-electron chi connectivity index (χ3n) is 2.84. The number of hydrogen-bond donors (Lipinski definition) is 1. The predicted octanol–water partition coefficient (Wildman–Crippen LogP) is 2.53. The zero-order chi connectivity index (χ0) is 10.8. The normalized spacial score (nSPS) is 13.6. The molecule has 1 aromatic heterocycles. The van der Waals surface area contributed by atoms with Gasteiger partial charge in [0.1, 0.15) is 5.52 Å². The van der Waals surface area contributed by atoms with E-state index in [4.69, 9.17) is 10.2 Å². The minimum atomic E-state index is 0.388. The van der Waals surface area contributed by atoms with Gasteiger partial charge in [0, 0.05) is 0 Å². The van der Waals surface area contributed by atoms with Gasteiger partial charge in [0.25, 0.3) is 0 Å². The lowest BCUT2D eigenvalue weighted by atomic mass is 9.88. The van der Waals surface area contributed by atoms with Crippen LogP contribution in [-0.2, 0) is 0 Å². The molecule has 0 aliphatic carbocycles. The lowest BCUT2D eigenvalue weighted by molar-refractivity contribution is 0.505. The molecule has 80 valence electrons. The monoisotopic (exact) mass is 204 g/mol. The lowest BCUT2D eigenvalue weighted by Crippen LogP contribution is -2.17. The Hall–Kier alpha value is -1.35. The van der Waals surface area contributed by atoms with E-state index in [1.807, 2.05) is 12.1 Å². The van der Waals surface area contributed by atoms with Crippen molar-refractivity contribution in [1.82, 2.24) is 4.98 Å². The highest BCUT2D eigenvalue weighted by molar-refractivity contribution is 5.72. The molecular weight excluding hydrogens is 188 g/mol. The summed E-state index contributed by atoms with van der Waals surface area (Å²) in [5.74, 6) is 0.926. The molecule has 0 saturated carbocycles. The predicted molar refractivity (Wildman–Crippen MR) is 60.6 cm³/mol. The number of aromatic nitrogens is 1. The minimum Gasteiger partial charge on any atom is -0.443 e. The zero-order valence-electron chi connectivity index (χ0n) is 9.10. The summed E-state index contributed by atoms with van der Waals surface area (Å²) < 4.78 is 5.28. The van der Waals surface area contributed by atoms with Crippen molar-refractivity contribution in [3.8, 4) is 0 Å². The van der Waals surface area contributed by atoms with Gasteiger partial charge >= 0.3 is 0 Å². The van der Waals surface area contributed by atoms with Crippen molar-refractivity contribution < 1.29 is 4.42 Å². The van der Waals surface area contributed by atoms with E-state index in [1.54, 1.807) is 0 Å². The molecule has 0 amide bonds. The summed E-state index contributed by atoms with van der Waals surface area (Å²) in [5.41, 5.74) is 8.75. The quantitative estimate of drug-likeness (QED) is 0.835. The van der Waals surface area contributed by atoms with Crippen molar-refractivity contribution in [1.29, 1.82) is 0 Å². The van der Waals surface area contributed by atoms with Gasteiger partial charge in [-0.15, -0.1) is 0 Å². The fraction of sp³-hybridized carbons (Fsp3) is 0.417. The Morgan fingerprint density at radius 3 is 2.87 bits per heavy atom. The van der Waals surface area contributed by atoms with Crippen LogP contribution in [0, 0.1) is 5.92 Å². The van der Waals surface area contributed by atoms with E-state index < -0.39 is 0 Å².